The van der Waals surface area contributed by atoms with E-state index >= 15 is 0 Å². The number of rotatable bonds is 4. The fraction of sp³-hybridized carbons (Fsp3) is 0.455. The van der Waals surface area contributed by atoms with Crippen molar-refractivity contribution in [1.82, 2.24) is 0 Å². The van der Waals surface area contributed by atoms with E-state index < -0.39 is 0 Å². The zero-order valence-corrected chi connectivity index (χ0v) is 10.5. The number of hydrogen-bond donors (Lipinski definition) is 2. The van der Waals surface area contributed by atoms with Gasteiger partial charge in [0.15, 0.2) is 0 Å². The van der Waals surface area contributed by atoms with E-state index in [1.165, 1.54) is 0 Å². The first-order chi connectivity index (χ1) is 7.10. The molecule has 15 heavy (non-hydrogen) atoms. The van der Waals surface area contributed by atoms with Gasteiger partial charge in [0.25, 0.3) is 0 Å². The molecule has 1 unspecified atom stereocenters. The predicted octanol–water partition coefficient (Wildman–Crippen LogP) is 2.15. The Hall–Kier alpha value is -0.580. The van der Waals surface area contributed by atoms with Crippen LogP contribution in [-0.4, -0.2) is 18.8 Å². The minimum absolute atomic E-state index is 0.0927. The number of ether oxygens (including phenoxy) is 1. The van der Waals surface area contributed by atoms with Crippen molar-refractivity contribution in [1.29, 1.82) is 0 Å². The molecule has 3 nitrogen and oxygen atoms in total. The molecular formula is C11H16BrNO2. The van der Waals surface area contributed by atoms with E-state index in [0.29, 0.717) is 6.42 Å². The van der Waals surface area contributed by atoms with Gasteiger partial charge in [0.1, 0.15) is 5.75 Å². The Kier molecular flexibility index (Phi) is 4.57. The van der Waals surface area contributed by atoms with Gasteiger partial charge in [-0.1, -0.05) is 15.9 Å². The number of halogens is 1. The van der Waals surface area contributed by atoms with Crippen molar-refractivity contribution in [2.75, 3.05) is 13.7 Å². The average molecular weight is 274 g/mol. The van der Waals surface area contributed by atoms with E-state index in [1.807, 2.05) is 19.1 Å². The van der Waals surface area contributed by atoms with E-state index in [-0.39, 0.29) is 12.6 Å². The molecule has 1 atom stereocenters. The van der Waals surface area contributed by atoms with Gasteiger partial charge in [0.2, 0.25) is 0 Å². The molecule has 0 bridgehead atoms. The van der Waals surface area contributed by atoms with Gasteiger partial charge in [-0.05, 0) is 36.6 Å². The van der Waals surface area contributed by atoms with Gasteiger partial charge in [-0.2, -0.15) is 0 Å². The van der Waals surface area contributed by atoms with Gasteiger partial charge in [0.05, 0.1) is 7.11 Å². The fourth-order valence-corrected chi connectivity index (χ4v) is 1.93. The SMILES string of the molecule is COc1cc(Br)c(C)c(C(N)CCO)c1. The van der Waals surface area contributed by atoms with Crippen molar-refractivity contribution in [2.45, 2.75) is 19.4 Å². The molecule has 0 radical (unpaired) electrons. The summed E-state index contributed by atoms with van der Waals surface area (Å²) in [4.78, 5) is 0. The predicted molar refractivity (Wildman–Crippen MR) is 64.1 cm³/mol. The summed E-state index contributed by atoms with van der Waals surface area (Å²) in [5.41, 5.74) is 8.07. The first-order valence-corrected chi connectivity index (χ1v) is 5.60. The van der Waals surface area contributed by atoms with Gasteiger partial charge in [-0.3, -0.25) is 0 Å². The van der Waals surface area contributed by atoms with Gasteiger partial charge in [-0.15, -0.1) is 0 Å². The van der Waals surface area contributed by atoms with E-state index in [4.69, 9.17) is 15.6 Å². The Morgan fingerprint density at radius 1 is 1.53 bits per heavy atom. The Bertz CT molecular complexity index is 342. The molecule has 0 heterocycles. The number of methoxy groups -OCH3 is 1. The number of aliphatic hydroxyl groups excluding tert-OH is 1. The summed E-state index contributed by atoms with van der Waals surface area (Å²) < 4.78 is 6.15. The number of aliphatic hydroxyl groups is 1. The maximum atomic E-state index is 8.86. The van der Waals surface area contributed by atoms with Crippen LogP contribution in [0.15, 0.2) is 16.6 Å². The third-order valence-electron chi connectivity index (χ3n) is 2.43. The lowest BCUT2D eigenvalue weighted by Gasteiger charge is -2.16. The summed E-state index contributed by atoms with van der Waals surface area (Å²) in [6, 6.07) is 3.67. The lowest BCUT2D eigenvalue weighted by molar-refractivity contribution is 0.276. The van der Waals surface area contributed by atoms with E-state index in [2.05, 4.69) is 15.9 Å². The quantitative estimate of drug-likeness (QED) is 0.884. The average Bonchev–Trinajstić information content (AvgIpc) is 2.22. The van der Waals surface area contributed by atoms with Crippen LogP contribution >= 0.6 is 15.9 Å². The summed E-state index contributed by atoms with van der Waals surface area (Å²) in [7, 11) is 1.62. The van der Waals surface area contributed by atoms with Crippen molar-refractivity contribution in [3.63, 3.8) is 0 Å². The molecule has 4 heteroatoms. The van der Waals surface area contributed by atoms with Gasteiger partial charge >= 0.3 is 0 Å². The molecule has 0 aliphatic heterocycles. The highest BCUT2D eigenvalue weighted by molar-refractivity contribution is 9.10. The van der Waals surface area contributed by atoms with E-state index in [9.17, 15) is 0 Å². The minimum Gasteiger partial charge on any atom is -0.497 e. The lowest BCUT2D eigenvalue weighted by Crippen LogP contribution is -2.13. The molecule has 0 saturated carbocycles. The van der Waals surface area contributed by atoms with Crippen molar-refractivity contribution in [3.8, 4) is 5.75 Å². The normalized spacial score (nSPS) is 12.6. The second kappa shape index (κ2) is 5.49. The maximum Gasteiger partial charge on any atom is 0.120 e. The highest BCUT2D eigenvalue weighted by Gasteiger charge is 2.12. The van der Waals surface area contributed by atoms with Crippen molar-refractivity contribution >= 4 is 15.9 Å². The Labute approximate surface area is 98.4 Å². The van der Waals surface area contributed by atoms with Crippen molar-refractivity contribution in [2.24, 2.45) is 5.73 Å². The number of benzene rings is 1. The molecule has 0 fully saturated rings. The summed E-state index contributed by atoms with van der Waals surface area (Å²) in [5.74, 6) is 0.774. The van der Waals surface area contributed by atoms with Crippen LogP contribution in [-0.2, 0) is 0 Å². The molecule has 0 amide bonds. The van der Waals surface area contributed by atoms with Gasteiger partial charge in [0, 0.05) is 17.1 Å². The molecule has 1 aromatic rings. The molecule has 3 N–H and O–H groups in total. The van der Waals surface area contributed by atoms with E-state index in [0.717, 1.165) is 21.3 Å². The molecule has 0 aliphatic carbocycles. The molecule has 1 rings (SSSR count). The summed E-state index contributed by atoms with van der Waals surface area (Å²) in [5, 5.41) is 8.86. The second-order valence-electron chi connectivity index (χ2n) is 3.44. The topological polar surface area (TPSA) is 55.5 Å². The number of nitrogens with two attached hydrogens (primary N) is 1. The zero-order valence-electron chi connectivity index (χ0n) is 8.96. The summed E-state index contributed by atoms with van der Waals surface area (Å²) in [6.07, 6.45) is 0.556. The minimum atomic E-state index is -0.151. The van der Waals surface area contributed by atoms with Crippen molar-refractivity contribution < 1.29 is 9.84 Å². The van der Waals surface area contributed by atoms with Crippen LogP contribution in [0.3, 0.4) is 0 Å². The molecule has 0 aromatic heterocycles. The van der Waals surface area contributed by atoms with Crippen LogP contribution in [0.5, 0.6) is 5.75 Å². The highest BCUT2D eigenvalue weighted by Crippen LogP contribution is 2.30. The van der Waals surface area contributed by atoms with Crippen LogP contribution in [0.4, 0.5) is 0 Å². The van der Waals surface area contributed by atoms with Crippen LogP contribution in [0, 0.1) is 6.92 Å². The van der Waals surface area contributed by atoms with Crippen LogP contribution in [0.2, 0.25) is 0 Å². The third-order valence-corrected chi connectivity index (χ3v) is 3.26. The third kappa shape index (κ3) is 2.93. The largest absolute Gasteiger partial charge is 0.497 e. The summed E-state index contributed by atoms with van der Waals surface area (Å²) >= 11 is 3.46. The zero-order chi connectivity index (χ0) is 11.4. The van der Waals surface area contributed by atoms with Crippen LogP contribution in [0.1, 0.15) is 23.6 Å². The molecule has 84 valence electrons. The smallest absolute Gasteiger partial charge is 0.120 e. The number of hydrogen-bond acceptors (Lipinski definition) is 3. The first-order valence-electron chi connectivity index (χ1n) is 4.80. The molecule has 0 aliphatic rings. The fourth-order valence-electron chi connectivity index (χ4n) is 1.47. The molecule has 0 spiro atoms. The lowest BCUT2D eigenvalue weighted by atomic mass is 9.99. The van der Waals surface area contributed by atoms with E-state index in [1.54, 1.807) is 7.11 Å². The summed E-state index contributed by atoms with van der Waals surface area (Å²) in [6.45, 7) is 2.09. The standard InChI is InChI=1S/C11H16BrNO2/c1-7-9(11(13)3-4-14)5-8(15-2)6-10(7)12/h5-6,11,14H,3-4,13H2,1-2H3. The second-order valence-corrected chi connectivity index (χ2v) is 4.30. The van der Waals surface area contributed by atoms with Gasteiger partial charge < -0.3 is 15.6 Å². The molecule has 1 aromatic carbocycles. The Morgan fingerprint density at radius 2 is 2.20 bits per heavy atom. The van der Waals surface area contributed by atoms with Crippen LogP contribution in [0.25, 0.3) is 0 Å². The molecule has 0 saturated heterocycles. The monoisotopic (exact) mass is 273 g/mol. The highest BCUT2D eigenvalue weighted by atomic mass is 79.9. The molecular weight excluding hydrogens is 258 g/mol. The van der Waals surface area contributed by atoms with Crippen molar-refractivity contribution in [3.05, 3.63) is 27.7 Å². The maximum absolute atomic E-state index is 8.86. The van der Waals surface area contributed by atoms with Gasteiger partial charge in [-0.25, -0.2) is 0 Å². The Balaban J connectivity index is 3.09. The first kappa shape index (κ1) is 12.5. The van der Waals surface area contributed by atoms with Crippen LogP contribution < -0.4 is 10.5 Å². The Morgan fingerprint density at radius 3 is 2.73 bits per heavy atom.